The summed E-state index contributed by atoms with van der Waals surface area (Å²) in [5.41, 5.74) is 4.27. The number of nitrogens with two attached hydrogens (primary N) is 1. The maximum absolute atomic E-state index is 12.7. The van der Waals surface area contributed by atoms with Crippen LogP contribution in [0.1, 0.15) is 18.4 Å². The van der Waals surface area contributed by atoms with E-state index < -0.39 is 30.3 Å². The lowest BCUT2D eigenvalue weighted by Crippen LogP contribution is -2.62. The number of carbonyl (C=O) groups excluding carboxylic acids is 1. The smallest absolute Gasteiger partial charge is 0.391 e. The molecule has 0 bridgehead atoms. The number of primary amides is 1. The molecule has 1 saturated carbocycles. The van der Waals surface area contributed by atoms with Gasteiger partial charge in [-0.2, -0.15) is 22.0 Å². The van der Waals surface area contributed by atoms with Crippen LogP contribution in [-0.2, 0) is 6.42 Å². The third-order valence-electron chi connectivity index (χ3n) is 3.68. The first kappa shape index (κ1) is 17.2. The summed E-state index contributed by atoms with van der Waals surface area (Å²) in [7, 11) is 0. The third-order valence-corrected chi connectivity index (χ3v) is 3.68. The summed E-state index contributed by atoms with van der Waals surface area (Å²) in [5.74, 6) is -1.88. The molecule has 5 nitrogen and oxygen atoms in total. The highest BCUT2D eigenvalue weighted by molar-refractivity contribution is 5.73. The Morgan fingerprint density at radius 1 is 1.48 bits per heavy atom. The highest BCUT2D eigenvalue weighted by Gasteiger charge is 2.56. The van der Waals surface area contributed by atoms with Crippen LogP contribution in [0, 0.1) is 5.92 Å². The lowest BCUT2D eigenvalue weighted by Gasteiger charge is -2.48. The number of urea groups is 1. The molecular formula is C13H14F5N3O2. The third kappa shape index (κ3) is 4.42. The summed E-state index contributed by atoms with van der Waals surface area (Å²) < 4.78 is 66.5. The molecule has 0 radical (unpaired) electrons. The molecule has 1 aromatic heterocycles. The van der Waals surface area contributed by atoms with Crippen molar-refractivity contribution in [1.29, 1.82) is 0 Å². The molecule has 10 heteroatoms. The number of alkyl halides is 5. The average Bonchev–Trinajstić information content (AvgIpc) is 2.32. The van der Waals surface area contributed by atoms with Gasteiger partial charge in [0.05, 0.1) is 5.92 Å². The predicted molar refractivity (Wildman–Crippen MR) is 68.8 cm³/mol. The molecule has 1 heterocycles. The van der Waals surface area contributed by atoms with Crippen LogP contribution in [0.4, 0.5) is 26.7 Å². The Hall–Kier alpha value is -2.13. The summed E-state index contributed by atoms with van der Waals surface area (Å²) in [6.07, 6.45) is -3.81. The molecule has 1 aromatic rings. The van der Waals surface area contributed by atoms with Crippen LogP contribution in [0.5, 0.6) is 5.88 Å². The molecule has 23 heavy (non-hydrogen) atoms. The molecule has 2 amide bonds. The zero-order chi connectivity index (χ0) is 17.3. The maximum Gasteiger partial charge on any atom is 0.391 e. The van der Waals surface area contributed by atoms with Gasteiger partial charge in [0.25, 0.3) is 0 Å². The van der Waals surface area contributed by atoms with E-state index in [1.165, 1.54) is 18.3 Å². The van der Waals surface area contributed by atoms with Crippen LogP contribution in [0.3, 0.4) is 0 Å². The largest absolute Gasteiger partial charge is 0.417 e. The molecular weight excluding hydrogens is 325 g/mol. The zero-order valence-corrected chi connectivity index (χ0v) is 11.7. The predicted octanol–water partition coefficient (Wildman–Crippen LogP) is 2.60. The van der Waals surface area contributed by atoms with Crippen LogP contribution >= 0.6 is 0 Å². The molecule has 1 fully saturated rings. The van der Waals surface area contributed by atoms with E-state index in [9.17, 15) is 26.7 Å². The number of carbonyl (C=O) groups is 1. The monoisotopic (exact) mass is 339 g/mol. The van der Waals surface area contributed by atoms with Crippen molar-refractivity contribution in [2.75, 3.05) is 0 Å². The molecule has 0 unspecified atom stereocenters. The van der Waals surface area contributed by atoms with Gasteiger partial charge in [-0.25, -0.2) is 9.78 Å². The fraction of sp³-hybridized carbons (Fsp3) is 0.538. The summed E-state index contributed by atoms with van der Waals surface area (Å²) in [6.45, 7) is -3.06. The number of hydrogen-bond acceptors (Lipinski definition) is 3. The number of rotatable bonds is 5. The molecule has 3 N–H and O–H groups in total. The second-order valence-electron chi connectivity index (χ2n) is 5.47. The standard InChI is InChI=1S/C13H14F5N3O2/c14-10(15)23-9-3-7(1-2-20-9)4-12(21-11(19)22)5-8(6-12)13(16,17)18/h1-3,8,10H,4-6H2,(H3,19,21,22). The number of aromatic nitrogens is 1. The number of halogens is 5. The normalized spacial score (nSPS) is 24.2. The minimum atomic E-state index is -4.36. The summed E-state index contributed by atoms with van der Waals surface area (Å²) in [5, 5.41) is 2.33. The first-order valence-corrected chi connectivity index (χ1v) is 6.64. The van der Waals surface area contributed by atoms with Crippen molar-refractivity contribution in [3.8, 4) is 5.88 Å². The number of hydrogen-bond donors (Lipinski definition) is 2. The van der Waals surface area contributed by atoms with Crippen molar-refractivity contribution in [2.24, 2.45) is 11.7 Å². The highest BCUT2D eigenvalue weighted by atomic mass is 19.4. The van der Waals surface area contributed by atoms with Crippen molar-refractivity contribution >= 4 is 6.03 Å². The van der Waals surface area contributed by atoms with Gasteiger partial charge in [0.15, 0.2) is 0 Å². The van der Waals surface area contributed by atoms with E-state index in [2.05, 4.69) is 15.0 Å². The molecule has 0 aliphatic heterocycles. The number of nitrogens with one attached hydrogen (secondary N) is 1. The van der Waals surface area contributed by atoms with Gasteiger partial charge in [0, 0.05) is 17.8 Å². The topological polar surface area (TPSA) is 77.2 Å². The Kier molecular flexibility index (Phi) is 4.62. The number of amides is 2. The molecule has 0 saturated heterocycles. The van der Waals surface area contributed by atoms with Gasteiger partial charge in [-0.05, 0) is 30.9 Å². The van der Waals surface area contributed by atoms with Crippen molar-refractivity contribution in [3.05, 3.63) is 23.9 Å². The van der Waals surface area contributed by atoms with Crippen LogP contribution < -0.4 is 15.8 Å². The van der Waals surface area contributed by atoms with Crippen LogP contribution in [-0.4, -0.2) is 29.3 Å². The lowest BCUT2D eigenvalue weighted by molar-refractivity contribution is -0.210. The Balaban J connectivity index is 2.12. The minimum Gasteiger partial charge on any atom is -0.417 e. The maximum atomic E-state index is 12.7. The van der Waals surface area contributed by atoms with Gasteiger partial charge in [-0.1, -0.05) is 0 Å². The molecule has 0 atom stereocenters. The van der Waals surface area contributed by atoms with Gasteiger partial charge in [-0.3, -0.25) is 0 Å². The number of nitrogens with zero attached hydrogens (tertiary/aromatic N) is 1. The van der Waals surface area contributed by atoms with E-state index in [0.29, 0.717) is 5.56 Å². The fourth-order valence-electron chi connectivity index (χ4n) is 2.77. The summed E-state index contributed by atoms with van der Waals surface area (Å²) >= 11 is 0. The molecule has 2 rings (SSSR count). The summed E-state index contributed by atoms with van der Waals surface area (Å²) in [6, 6.07) is 1.70. The molecule has 1 aliphatic carbocycles. The quantitative estimate of drug-likeness (QED) is 0.810. The van der Waals surface area contributed by atoms with Crippen molar-refractivity contribution < 1.29 is 31.5 Å². The van der Waals surface area contributed by atoms with E-state index in [1.807, 2.05) is 0 Å². The van der Waals surface area contributed by atoms with Gasteiger partial charge in [-0.15, -0.1) is 0 Å². The second-order valence-corrected chi connectivity index (χ2v) is 5.47. The van der Waals surface area contributed by atoms with E-state index >= 15 is 0 Å². The molecule has 0 spiro atoms. The van der Waals surface area contributed by atoms with Gasteiger partial charge in [0.2, 0.25) is 5.88 Å². The first-order valence-electron chi connectivity index (χ1n) is 6.64. The van der Waals surface area contributed by atoms with Gasteiger partial charge in [0.1, 0.15) is 0 Å². The molecule has 0 aromatic carbocycles. The average molecular weight is 339 g/mol. The zero-order valence-electron chi connectivity index (χ0n) is 11.7. The SMILES string of the molecule is NC(=O)NC1(Cc2ccnc(OC(F)F)c2)CC(C(F)(F)F)C1. The molecule has 128 valence electrons. The lowest BCUT2D eigenvalue weighted by atomic mass is 9.65. The van der Waals surface area contributed by atoms with Crippen molar-refractivity contribution in [3.63, 3.8) is 0 Å². The molecule has 1 aliphatic rings. The van der Waals surface area contributed by atoms with E-state index in [1.54, 1.807) is 0 Å². The summed E-state index contributed by atoms with van der Waals surface area (Å²) in [4.78, 5) is 14.6. The number of pyridine rings is 1. The Morgan fingerprint density at radius 3 is 2.65 bits per heavy atom. The van der Waals surface area contributed by atoms with Crippen LogP contribution in [0.25, 0.3) is 0 Å². The van der Waals surface area contributed by atoms with E-state index in [-0.39, 0.29) is 25.1 Å². The highest BCUT2D eigenvalue weighted by Crippen LogP contribution is 2.48. The van der Waals surface area contributed by atoms with Crippen LogP contribution in [0.15, 0.2) is 18.3 Å². The van der Waals surface area contributed by atoms with Crippen molar-refractivity contribution in [2.45, 2.75) is 37.6 Å². The van der Waals surface area contributed by atoms with E-state index in [4.69, 9.17) is 5.73 Å². The second kappa shape index (κ2) is 6.17. The fourth-order valence-corrected chi connectivity index (χ4v) is 2.77. The number of ether oxygens (including phenoxy) is 1. The first-order chi connectivity index (χ1) is 10.6. The van der Waals surface area contributed by atoms with Gasteiger partial charge >= 0.3 is 18.8 Å². The van der Waals surface area contributed by atoms with E-state index in [0.717, 1.165) is 0 Å². The van der Waals surface area contributed by atoms with Gasteiger partial charge < -0.3 is 15.8 Å². The Labute approximate surface area is 128 Å². The van der Waals surface area contributed by atoms with Crippen LogP contribution in [0.2, 0.25) is 0 Å². The van der Waals surface area contributed by atoms with Crippen molar-refractivity contribution in [1.82, 2.24) is 10.3 Å². The Bertz CT molecular complexity index is 573. The Morgan fingerprint density at radius 2 is 2.13 bits per heavy atom. The minimum absolute atomic E-state index is 0.00460.